The molecule has 0 spiro atoms. The summed E-state index contributed by atoms with van der Waals surface area (Å²) >= 11 is 6.04. The van der Waals surface area contributed by atoms with E-state index in [1.54, 1.807) is 18.2 Å². The maximum atomic E-state index is 13.8. The van der Waals surface area contributed by atoms with Crippen molar-refractivity contribution in [3.8, 4) is 5.75 Å². The Kier molecular flexibility index (Phi) is 6.45. The third-order valence-corrected chi connectivity index (χ3v) is 4.15. The van der Waals surface area contributed by atoms with Crippen molar-refractivity contribution in [3.05, 3.63) is 58.6 Å². The van der Waals surface area contributed by atoms with Gasteiger partial charge in [0, 0.05) is 17.2 Å². The topological polar surface area (TPSA) is 59.6 Å². The van der Waals surface area contributed by atoms with Crippen molar-refractivity contribution >= 4 is 47.2 Å². The molecule has 3 rings (SSSR count). The highest BCUT2D eigenvalue weighted by atomic mass is 127. The predicted molar refractivity (Wildman–Crippen MR) is 106 cm³/mol. The van der Waals surface area contributed by atoms with E-state index in [2.05, 4.69) is 10.3 Å². The molecule has 1 aliphatic rings. The van der Waals surface area contributed by atoms with Crippen molar-refractivity contribution < 1.29 is 13.5 Å². The fraction of sp³-hybridized carbons (Fsp3) is 0.235. The van der Waals surface area contributed by atoms with Crippen LogP contribution in [0.2, 0.25) is 5.02 Å². The van der Waals surface area contributed by atoms with E-state index in [9.17, 15) is 8.78 Å². The minimum atomic E-state index is -0.550. The van der Waals surface area contributed by atoms with Crippen LogP contribution in [0.5, 0.6) is 5.75 Å². The Morgan fingerprint density at radius 1 is 1.28 bits per heavy atom. The average molecular weight is 480 g/mol. The molecule has 134 valence electrons. The van der Waals surface area contributed by atoms with E-state index in [1.807, 2.05) is 0 Å². The summed E-state index contributed by atoms with van der Waals surface area (Å²) in [5, 5.41) is 3.34. The largest absolute Gasteiger partial charge is 0.495 e. The number of benzene rings is 2. The summed E-state index contributed by atoms with van der Waals surface area (Å²) in [6.45, 7) is 0. The molecule has 2 aromatic rings. The number of ether oxygens (including phenoxy) is 1. The van der Waals surface area contributed by atoms with Crippen molar-refractivity contribution in [3.63, 3.8) is 0 Å². The lowest BCUT2D eigenvalue weighted by atomic mass is 10.1. The fourth-order valence-corrected chi connectivity index (χ4v) is 2.86. The summed E-state index contributed by atoms with van der Waals surface area (Å²) in [5.74, 6) is -0.668. The van der Waals surface area contributed by atoms with Gasteiger partial charge in [-0.1, -0.05) is 17.7 Å². The van der Waals surface area contributed by atoms with Crippen LogP contribution in [-0.4, -0.2) is 19.1 Å². The molecule has 8 heteroatoms. The smallest absolute Gasteiger partial charge is 0.193 e. The number of anilines is 1. The Hall–Kier alpha value is -1.61. The second-order valence-electron chi connectivity index (χ2n) is 5.53. The van der Waals surface area contributed by atoms with E-state index < -0.39 is 11.6 Å². The molecule has 1 aliphatic carbocycles. The number of aliphatic imine (C=N–C) groups is 1. The lowest BCUT2D eigenvalue weighted by Crippen LogP contribution is -2.23. The minimum Gasteiger partial charge on any atom is -0.495 e. The lowest BCUT2D eigenvalue weighted by Gasteiger charge is -2.08. The highest BCUT2D eigenvalue weighted by molar-refractivity contribution is 14.0. The first-order valence-electron chi connectivity index (χ1n) is 7.37. The second-order valence-corrected chi connectivity index (χ2v) is 5.94. The molecule has 3 N–H and O–H groups in total. The second kappa shape index (κ2) is 8.18. The molecule has 2 aromatic carbocycles. The van der Waals surface area contributed by atoms with Gasteiger partial charge in [-0.05, 0) is 36.8 Å². The molecule has 2 atom stereocenters. The van der Waals surface area contributed by atoms with Crippen LogP contribution in [0.3, 0.4) is 0 Å². The normalized spacial score (nSPS) is 19.1. The molecule has 2 unspecified atom stereocenters. The Morgan fingerprint density at radius 3 is 2.56 bits per heavy atom. The maximum absolute atomic E-state index is 13.8. The Bertz CT molecular complexity index is 783. The van der Waals surface area contributed by atoms with Crippen molar-refractivity contribution in [2.45, 2.75) is 18.4 Å². The van der Waals surface area contributed by atoms with Crippen LogP contribution >= 0.6 is 35.6 Å². The molecule has 0 heterocycles. The third kappa shape index (κ3) is 4.52. The van der Waals surface area contributed by atoms with E-state index >= 15 is 0 Å². The SMILES string of the molecule is COc1ccc(NC(N)=NC2CC2c2c(F)cccc2F)cc1Cl.I. The number of methoxy groups -OCH3 is 1. The highest BCUT2D eigenvalue weighted by Gasteiger charge is 2.42. The van der Waals surface area contributed by atoms with Gasteiger partial charge in [0.2, 0.25) is 0 Å². The van der Waals surface area contributed by atoms with Crippen molar-refractivity contribution in [2.75, 3.05) is 12.4 Å². The third-order valence-electron chi connectivity index (χ3n) is 3.86. The first-order valence-corrected chi connectivity index (χ1v) is 7.75. The first kappa shape index (κ1) is 19.7. The van der Waals surface area contributed by atoms with Crippen molar-refractivity contribution in [2.24, 2.45) is 10.7 Å². The van der Waals surface area contributed by atoms with E-state index in [-0.39, 0.29) is 47.5 Å². The van der Waals surface area contributed by atoms with Crippen molar-refractivity contribution in [1.29, 1.82) is 0 Å². The van der Waals surface area contributed by atoms with Gasteiger partial charge in [-0.25, -0.2) is 13.8 Å². The van der Waals surface area contributed by atoms with Gasteiger partial charge in [0.1, 0.15) is 17.4 Å². The van der Waals surface area contributed by atoms with Gasteiger partial charge >= 0.3 is 0 Å². The average Bonchev–Trinajstić information content (AvgIpc) is 3.25. The van der Waals surface area contributed by atoms with Crippen LogP contribution in [0.15, 0.2) is 41.4 Å². The number of guanidine groups is 1. The Labute approximate surface area is 166 Å². The fourth-order valence-electron chi connectivity index (χ4n) is 2.60. The molecule has 0 radical (unpaired) electrons. The van der Waals surface area contributed by atoms with Crippen LogP contribution in [-0.2, 0) is 0 Å². The summed E-state index contributed by atoms with van der Waals surface area (Å²) in [6, 6.07) is 8.71. The van der Waals surface area contributed by atoms with Gasteiger partial charge in [0.05, 0.1) is 18.2 Å². The quantitative estimate of drug-likeness (QED) is 0.385. The molecule has 25 heavy (non-hydrogen) atoms. The molecular weight excluding hydrogens is 463 g/mol. The van der Waals surface area contributed by atoms with Crippen LogP contribution in [0.25, 0.3) is 0 Å². The first-order chi connectivity index (χ1) is 11.5. The number of rotatable bonds is 4. The lowest BCUT2D eigenvalue weighted by molar-refractivity contribution is 0.415. The molecule has 4 nitrogen and oxygen atoms in total. The molecule has 0 saturated heterocycles. The zero-order valence-corrected chi connectivity index (χ0v) is 16.4. The minimum absolute atomic E-state index is 0. The number of nitrogens with zero attached hydrogens (tertiary/aromatic N) is 1. The van der Waals surface area contributed by atoms with Gasteiger partial charge < -0.3 is 15.8 Å². The summed E-state index contributed by atoms with van der Waals surface area (Å²) in [4.78, 5) is 4.27. The van der Waals surface area contributed by atoms with Crippen molar-refractivity contribution in [1.82, 2.24) is 0 Å². The molecule has 0 aliphatic heterocycles. The number of nitrogens with one attached hydrogen (secondary N) is 1. The number of hydrogen-bond acceptors (Lipinski definition) is 2. The number of hydrogen-bond donors (Lipinski definition) is 2. The van der Waals surface area contributed by atoms with Crippen LogP contribution in [0.1, 0.15) is 17.9 Å². The van der Waals surface area contributed by atoms with Gasteiger partial charge in [-0.3, -0.25) is 0 Å². The Balaban J connectivity index is 0.00000225. The van der Waals surface area contributed by atoms with E-state index in [1.165, 1.54) is 25.3 Å². The maximum Gasteiger partial charge on any atom is 0.193 e. The number of halogens is 4. The molecular formula is C17H17ClF2IN3O. The zero-order chi connectivity index (χ0) is 17.3. The molecule has 0 aromatic heterocycles. The number of nitrogens with two attached hydrogens (primary N) is 1. The van der Waals surface area contributed by atoms with Crippen LogP contribution < -0.4 is 15.8 Å². The van der Waals surface area contributed by atoms with E-state index in [4.69, 9.17) is 22.1 Å². The predicted octanol–water partition coefficient (Wildman–Crippen LogP) is 4.53. The van der Waals surface area contributed by atoms with Gasteiger partial charge in [0.25, 0.3) is 0 Å². The van der Waals surface area contributed by atoms with Gasteiger partial charge in [-0.15, -0.1) is 24.0 Å². The monoisotopic (exact) mass is 479 g/mol. The Morgan fingerprint density at radius 2 is 1.96 bits per heavy atom. The summed E-state index contributed by atoms with van der Waals surface area (Å²) in [6.07, 6.45) is 0.559. The van der Waals surface area contributed by atoms with E-state index in [0.717, 1.165) is 0 Å². The summed E-state index contributed by atoms with van der Waals surface area (Å²) in [7, 11) is 1.53. The molecule has 1 fully saturated rings. The van der Waals surface area contributed by atoms with Gasteiger partial charge in [-0.2, -0.15) is 0 Å². The van der Waals surface area contributed by atoms with Gasteiger partial charge in [0.15, 0.2) is 5.96 Å². The summed E-state index contributed by atoms with van der Waals surface area (Å²) in [5.41, 5.74) is 6.59. The molecule has 0 bridgehead atoms. The van der Waals surface area contributed by atoms with Crippen LogP contribution in [0.4, 0.5) is 14.5 Å². The van der Waals surface area contributed by atoms with Crippen LogP contribution in [0, 0.1) is 11.6 Å². The molecule has 0 amide bonds. The standard InChI is InChI=1S/C17H16ClF2N3O.HI/c1-24-15-6-5-9(7-11(15)18)22-17(21)23-14-8-10(14)16-12(19)3-2-4-13(16)20;/h2-7,10,14H,8H2,1H3,(H3,21,22,23);1H. The van der Waals surface area contributed by atoms with E-state index in [0.29, 0.717) is 22.9 Å². The zero-order valence-electron chi connectivity index (χ0n) is 13.3. The summed E-state index contributed by atoms with van der Waals surface area (Å²) < 4.78 is 32.6. The highest BCUT2D eigenvalue weighted by Crippen LogP contribution is 2.45. The molecule has 1 saturated carbocycles.